The van der Waals surface area contributed by atoms with E-state index >= 15 is 0 Å². The lowest BCUT2D eigenvalue weighted by molar-refractivity contribution is 0.166. The van der Waals surface area contributed by atoms with E-state index in [0.717, 1.165) is 31.0 Å². The average molecular weight is 335 g/mol. The van der Waals surface area contributed by atoms with E-state index < -0.39 is 10.0 Å². The summed E-state index contributed by atoms with van der Waals surface area (Å²) in [6.07, 6.45) is 3.55. The summed E-state index contributed by atoms with van der Waals surface area (Å²) in [4.78, 5) is 6.63. The van der Waals surface area contributed by atoms with Gasteiger partial charge in [-0.15, -0.1) is 0 Å². The zero-order valence-corrected chi connectivity index (χ0v) is 13.9. The Morgan fingerprint density at radius 2 is 2.17 bits per heavy atom. The first kappa shape index (κ1) is 16.1. The molecule has 0 fully saturated rings. The smallest absolute Gasteiger partial charge is 0.211 e. The third kappa shape index (κ3) is 3.95. The standard InChI is InChI=1S/C15H21N5O2S/c1-2-23(21,22)18-9-15-12-19(10-13-5-3-4-7-16-13)11-14-6-8-17-20(14)15/h3-8,15,18H,2,9-12H2,1H3/t15-/m0/s1. The van der Waals surface area contributed by atoms with Crippen LogP contribution in [0.1, 0.15) is 24.4 Å². The molecule has 8 heteroatoms. The van der Waals surface area contributed by atoms with Crippen LogP contribution in [0.15, 0.2) is 36.7 Å². The number of hydrogen-bond donors (Lipinski definition) is 1. The van der Waals surface area contributed by atoms with Crippen molar-refractivity contribution < 1.29 is 8.42 Å². The number of nitrogens with one attached hydrogen (secondary N) is 1. The van der Waals surface area contributed by atoms with Gasteiger partial charge in [0.1, 0.15) is 0 Å². The maximum absolute atomic E-state index is 11.7. The summed E-state index contributed by atoms with van der Waals surface area (Å²) in [6.45, 7) is 4.24. The van der Waals surface area contributed by atoms with Crippen LogP contribution in [0.3, 0.4) is 0 Å². The third-order valence-electron chi connectivity index (χ3n) is 3.98. The fourth-order valence-electron chi connectivity index (χ4n) is 2.78. The van der Waals surface area contributed by atoms with Crippen molar-refractivity contribution in [3.63, 3.8) is 0 Å². The summed E-state index contributed by atoms with van der Waals surface area (Å²) >= 11 is 0. The van der Waals surface area contributed by atoms with Crippen LogP contribution in [-0.4, -0.2) is 46.9 Å². The van der Waals surface area contributed by atoms with E-state index in [1.54, 1.807) is 19.3 Å². The molecule has 0 radical (unpaired) electrons. The van der Waals surface area contributed by atoms with Crippen LogP contribution in [0.4, 0.5) is 0 Å². The van der Waals surface area contributed by atoms with Crippen molar-refractivity contribution in [1.29, 1.82) is 0 Å². The highest BCUT2D eigenvalue weighted by Crippen LogP contribution is 2.21. The predicted octanol–water partition coefficient (Wildman–Crippen LogP) is 0.774. The minimum atomic E-state index is -3.20. The summed E-state index contributed by atoms with van der Waals surface area (Å²) in [5.41, 5.74) is 2.10. The van der Waals surface area contributed by atoms with Crippen LogP contribution in [-0.2, 0) is 23.1 Å². The minimum absolute atomic E-state index is 0.0150. The summed E-state index contributed by atoms with van der Waals surface area (Å²) in [6, 6.07) is 7.84. The van der Waals surface area contributed by atoms with Gasteiger partial charge in [0.25, 0.3) is 0 Å². The number of hydrogen-bond acceptors (Lipinski definition) is 5. The third-order valence-corrected chi connectivity index (χ3v) is 5.35. The molecule has 2 aromatic heterocycles. The number of nitrogens with zero attached hydrogens (tertiary/aromatic N) is 4. The van der Waals surface area contributed by atoms with Gasteiger partial charge in [0.15, 0.2) is 0 Å². The Morgan fingerprint density at radius 1 is 1.30 bits per heavy atom. The molecule has 0 saturated heterocycles. The molecule has 0 amide bonds. The van der Waals surface area contributed by atoms with E-state index in [0.29, 0.717) is 6.54 Å². The van der Waals surface area contributed by atoms with Crippen molar-refractivity contribution in [3.05, 3.63) is 48.0 Å². The fraction of sp³-hybridized carbons (Fsp3) is 0.467. The second kappa shape index (κ2) is 6.77. The molecule has 23 heavy (non-hydrogen) atoms. The van der Waals surface area contributed by atoms with Crippen LogP contribution in [0, 0.1) is 0 Å². The summed E-state index contributed by atoms with van der Waals surface area (Å²) < 4.78 is 28.0. The highest BCUT2D eigenvalue weighted by atomic mass is 32.2. The summed E-state index contributed by atoms with van der Waals surface area (Å²) in [5, 5.41) is 4.35. The van der Waals surface area contributed by atoms with Gasteiger partial charge >= 0.3 is 0 Å². The van der Waals surface area contributed by atoms with E-state index in [4.69, 9.17) is 0 Å². The Labute approximate surface area is 136 Å². The first-order valence-electron chi connectivity index (χ1n) is 7.69. The quantitative estimate of drug-likeness (QED) is 0.844. The lowest BCUT2D eigenvalue weighted by Gasteiger charge is -2.33. The lowest BCUT2D eigenvalue weighted by Crippen LogP contribution is -2.43. The average Bonchev–Trinajstić information content (AvgIpc) is 3.02. The Morgan fingerprint density at radius 3 is 2.91 bits per heavy atom. The topological polar surface area (TPSA) is 80.1 Å². The van der Waals surface area contributed by atoms with Crippen molar-refractivity contribution in [1.82, 2.24) is 24.4 Å². The molecule has 1 atom stereocenters. The molecule has 0 aromatic carbocycles. The lowest BCUT2D eigenvalue weighted by atomic mass is 10.2. The molecule has 0 aliphatic carbocycles. The zero-order valence-electron chi connectivity index (χ0n) is 13.1. The number of sulfonamides is 1. The van der Waals surface area contributed by atoms with Crippen LogP contribution >= 0.6 is 0 Å². The van der Waals surface area contributed by atoms with Gasteiger partial charge in [0, 0.05) is 38.6 Å². The van der Waals surface area contributed by atoms with Gasteiger partial charge in [-0.1, -0.05) is 6.07 Å². The monoisotopic (exact) mass is 335 g/mol. The van der Waals surface area contributed by atoms with Gasteiger partial charge in [-0.05, 0) is 25.1 Å². The van der Waals surface area contributed by atoms with Crippen LogP contribution in [0.25, 0.3) is 0 Å². The summed E-state index contributed by atoms with van der Waals surface area (Å²) in [5.74, 6) is 0.0866. The van der Waals surface area contributed by atoms with Gasteiger partial charge in [0.05, 0.1) is 23.2 Å². The number of aromatic nitrogens is 3. The second-order valence-corrected chi connectivity index (χ2v) is 7.76. The molecule has 0 unspecified atom stereocenters. The van der Waals surface area contributed by atoms with Crippen molar-refractivity contribution >= 4 is 10.0 Å². The fourth-order valence-corrected chi connectivity index (χ4v) is 3.43. The number of rotatable bonds is 6. The number of pyridine rings is 1. The van der Waals surface area contributed by atoms with Crippen LogP contribution < -0.4 is 4.72 Å². The Hall–Kier alpha value is -1.77. The highest BCUT2D eigenvalue weighted by Gasteiger charge is 2.26. The van der Waals surface area contributed by atoms with Crippen LogP contribution in [0.5, 0.6) is 0 Å². The van der Waals surface area contributed by atoms with Crippen LogP contribution in [0.2, 0.25) is 0 Å². The highest BCUT2D eigenvalue weighted by molar-refractivity contribution is 7.89. The predicted molar refractivity (Wildman–Crippen MR) is 87.1 cm³/mol. The molecule has 124 valence electrons. The minimum Gasteiger partial charge on any atom is -0.290 e. The van der Waals surface area contributed by atoms with Crippen molar-refractivity contribution in [2.75, 3.05) is 18.8 Å². The van der Waals surface area contributed by atoms with Crippen molar-refractivity contribution in [3.8, 4) is 0 Å². The molecule has 2 aromatic rings. The van der Waals surface area contributed by atoms with E-state index in [2.05, 4.69) is 19.7 Å². The van der Waals surface area contributed by atoms with Gasteiger partial charge in [-0.3, -0.25) is 14.6 Å². The van der Waals surface area contributed by atoms with Crippen molar-refractivity contribution in [2.45, 2.75) is 26.1 Å². The molecule has 3 rings (SSSR count). The second-order valence-electron chi connectivity index (χ2n) is 5.66. The zero-order chi connectivity index (χ0) is 16.3. The first-order valence-corrected chi connectivity index (χ1v) is 9.34. The molecule has 0 saturated carbocycles. The van der Waals surface area contributed by atoms with E-state index in [9.17, 15) is 8.42 Å². The molecule has 1 aliphatic rings. The summed E-state index contributed by atoms with van der Waals surface area (Å²) in [7, 11) is -3.20. The first-order chi connectivity index (χ1) is 11.1. The molecular formula is C15H21N5O2S. The largest absolute Gasteiger partial charge is 0.290 e. The maximum atomic E-state index is 11.7. The maximum Gasteiger partial charge on any atom is 0.211 e. The molecule has 1 aliphatic heterocycles. The number of fused-ring (bicyclic) bond motifs is 1. The SMILES string of the molecule is CCS(=O)(=O)NC[C@H]1CN(Cc2ccccn2)Cc2ccnn21. The molecule has 7 nitrogen and oxygen atoms in total. The molecule has 1 N–H and O–H groups in total. The van der Waals surface area contributed by atoms with Gasteiger partial charge < -0.3 is 0 Å². The van der Waals surface area contributed by atoms with Gasteiger partial charge in [0.2, 0.25) is 10.0 Å². The Bertz CT molecular complexity index is 744. The van der Waals surface area contributed by atoms with E-state index in [1.807, 2.05) is 28.9 Å². The van der Waals surface area contributed by atoms with Gasteiger partial charge in [-0.2, -0.15) is 5.10 Å². The normalized spacial score (nSPS) is 18.7. The Balaban J connectivity index is 1.72. The molecule has 0 bridgehead atoms. The molecular weight excluding hydrogens is 314 g/mol. The molecule has 3 heterocycles. The van der Waals surface area contributed by atoms with E-state index in [1.165, 1.54) is 0 Å². The van der Waals surface area contributed by atoms with Crippen molar-refractivity contribution in [2.24, 2.45) is 0 Å². The Kier molecular flexibility index (Phi) is 4.74. The molecule has 0 spiro atoms. The van der Waals surface area contributed by atoms with E-state index in [-0.39, 0.29) is 11.8 Å². The van der Waals surface area contributed by atoms with Gasteiger partial charge in [-0.25, -0.2) is 13.1 Å².